The van der Waals surface area contributed by atoms with E-state index >= 15 is 0 Å². The van der Waals surface area contributed by atoms with Crippen molar-refractivity contribution in [2.75, 3.05) is 0 Å². The van der Waals surface area contributed by atoms with Crippen LogP contribution in [0.3, 0.4) is 0 Å². The highest BCUT2D eigenvalue weighted by molar-refractivity contribution is 6.16. The summed E-state index contributed by atoms with van der Waals surface area (Å²) in [5, 5.41) is 10.9. The van der Waals surface area contributed by atoms with E-state index in [0.29, 0.717) is 17.1 Å². The molecule has 0 saturated heterocycles. The predicted molar refractivity (Wildman–Crippen MR) is 64.5 cm³/mol. The van der Waals surface area contributed by atoms with E-state index in [0.717, 1.165) is 0 Å². The molecular formula is C11H10ClN3O2. The average molecular weight is 252 g/mol. The standard InChI is InChI=1S/C11H10ClN3O2/c1-8-2-3-9(6-10(8)15(16)17)14-5-4-13-11(14)7-12/h2-6H,7H2,1H3. The van der Waals surface area contributed by atoms with Gasteiger partial charge in [-0.05, 0) is 13.0 Å². The second-order valence-electron chi connectivity index (χ2n) is 3.58. The van der Waals surface area contributed by atoms with Crippen molar-refractivity contribution in [1.29, 1.82) is 0 Å². The van der Waals surface area contributed by atoms with Gasteiger partial charge in [-0.2, -0.15) is 0 Å². The van der Waals surface area contributed by atoms with Crippen LogP contribution >= 0.6 is 11.6 Å². The van der Waals surface area contributed by atoms with Crippen LogP contribution in [0.5, 0.6) is 0 Å². The number of nitro groups is 1. The number of hydrogen-bond acceptors (Lipinski definition) is 3. The third kappa shape index (κ3) is 2.14. The van der Waals surface area contributed by atoms with Crippen LogP contribution < -0.4 is 0 Å². The van der Waals surface area contributed by atoms with Gasteiger partial charge in [-0.15, -0.1) is 11.6 Å². The molecule has 5 nitrogen and oxygen atoms in total. The lowest BCUT2D eigenvalue weighted by molar-refractivity contribution is -0.385. The number of nitrogens with zero attached hydrogens (tertiary/aromatic N) is 3. The summed E-state index contributed by atoms with van der Waals surface area (Å²) in [6.07, 6.45) is 3.34. The number of nitro benzene ring substituents is 1. The van der Waals surface area contributed by atoms with Crippen molar-refractivity contribution in [1.82, 2.24) is 9.55 Å². The van der Waals surface area contributed by atoms with E-state index in [9.17, 15) is 10.1 Å². The fraction of sp³-hybridized carbons (Fsp3) is 0.182. The third-order valence-electron chi connectivity index (χ3n) is 2.50. The lowest BCUT2D eigenvalue weighted by Crippen LogP contribution is -2.00. The second kappa shape index (κ2) is 4.55. The van der Waals surface area contributed by atoms with E-state index < -0.39 is 4.92 Å². The van der Waals surface area contributed by atoms with Gasteiger partial charge in [-0.3, -0.25) is 10.1 Å². The van der Waals surface area contributed by atoms with Crippen LogP contribution in [0.1, 0.15) is 11.4 Å². The maximum absolute atomic E-state index is 10.9. The number of hydrogen-bond donors (Lipinski definition) is 0. The van der Waals surface area contributed by atoms with Gasteiger partial charge in [0.05, 0.1) is 16.5 Å². The second-order valence-corrected chi connectivity index (χ2v) is 3.84. The minimum atomic E-state index is -0.393. The summed E-state index contributed by atoms with van der Waals surface area (Å²) in [4.78, 5) is 14.5. The maximum atomic E-state index is 10.9. The summed E-state index contributed by atoms with van der Waals surface area (Å²) in [5.41, 5.74) is 1.42. The van der Waals surface area contributed by atoms with Crippen LogP contribution in [-0.2, 0) is 5.88 Å². The molecule has 1 aromatic heterocycles. The van der Waals surface area contributed by atoms with Gasteiger partial charge in [0.2, 0.25) is 0 Å². The molecule has 0 aliphatic rings. The fourth-order valence-corrected chi connectivity index (χ4v) is 1.81. The van der Waals surface area contributed by atoms with Crippen molar-refractivity contribution in [2.45, 2.75) is 12.8 Å². The highest BCUT2D eigenvalue weighted by Gasteiger charge is 2.13. The van der Waals surface area contributed by atoms with Gasteiger partial charge >= 0.3 is 0 Å². The Labute approximate surface area is 103 Å². The largest absolute Gasteiger partial charge is 0.303 e. The number of benzene rings is 1. The van der Waals surface area contributed by atoms with Gasteiger partial charge in [-0.25, -0.2) is 4.98 Å². The quantitative estimate of drug-likeness (QED) is 0.479. The first-order valence-electron chi connectivity index (χ1n) is 4.97. The van der Waals surface area contributed by atoms with Crippen LogP contribution in [0.2, 0.25) is 0 Å². The normalized spacial score (nSPS) is 10.5. The molecule has 0 N–H and O–H groups in total. The van der Waals surface area contributed by atoms with Crippen molar-refractivity contribution in [3.8, 4) is 5.69 Å². The molecule has 0 bridgehead atoms. The van der Waals surface area contributed by atoms with Crippen molar-refractivity contribution >= 4 is 17.3 Å². The lowest BCUT2D eigenvalue weighted by Gasteiger charge is -2.06. The van der Waals surface area contributed by atoms with E-state index in [2.05, 4.69) is 4.98 Å². The van der Waals surface area contributed by atoms with E-state index in [-0.39, 0.29) is 11.6 Å². The van der Waals surface area contributed by atoms with Crippen molar-refractivity contribution in [3.63, 3.8) is 0 Å². The van der Waals surface area contributed by atoms with Gasteiger partial charge in [0, 0.05) is 24.0 Å². The van der Waals surface area contributed by atoms with Crippen LogP contribution in [0, 0.1) is 17.0 Å². The monoisotopic (exact) mass is 251 g/mol. The highest BCUT2D eigenvalue weighted by Crippen LogP contribution is 2.22. The Hall–Kier alpha value is -1.88. The number of alkyl halides is 1. The van der Waals surface area contributed by atoms with E-state index in [1.165, 1.54) is 6.07 Å². The number of rotatable bonds is 3. The number of imidazole rings is 1. The van der Waals surface area contributed by atoms with Crippen molar-refractivity contribution in [2.24, 2.45) is 0 Å². The maximum Gasteiger partial charge on any atom is 0.274 e. The van der Waals surface area contributed by atoms with Crippen LogP contribution in [0.4, 0.5) is 5.69 Å². The number of aromatic nitrogens is 2. The van der Waals surface area contributed by atoms with Gasteiger partial charge in [-0.1, -0.05) is 6.07 Å². The summed E-state index contributed by atoms with van der Waals surface area (Å²) in [6, 6.07) is 5.04. The minimum absolute atomic E-state index is 0.0942. The smallest absolute Gasteiger partial charge is 0.274 e. The molecule has 0 fully saturated rings. The van der Waals surface area contributed by atoms with Crippen LogP contribution in [0.25, 0.3) is 5.69 Å². The van der Waals surface area contributed by atoms with Gasteiger partial charge in [0.1, 0.15) is 5.82 Å². The van der Waals surface area contributed by atoms with E-state index in [1.807, 2.05) is 0 Å². The summed E-state index contributed by atoms with van der Waals surface area (Å²) in [7, 11) is 0. The molecule has 2 aromatic rings. The average Bonchev–Trinajstić information content (AvgIpc) is 2.77. The van der Waals surface area contributed by atoms with Crippen molar-refractivity contribution in [3.05, 3.63) is 52.1 Å². The van der Waals surface area contributed by atoms with Crippen LogP contribution in [0.15, 0.2) is 30.6 Å². The van der Waals surface area contributed by atoms with Gasteiger partial charge in [0.15, 0.2) is 0 Å². The predicted octanol–water partition coefficient (Wildman–Crippen LogP) is 2.83. The Morgan fingerprint density at radius 2 is 2.29 bits per heavy atom. The van der Waals surface area contributed by atoms with Gasteiger partial charge < -0.3 is 4.57 Å². The molecule has 1 heterocycles. The number of aryl methyl sites for hydroxylation is 1. The molecule has 0 aliphatic heterocycles. The molecule has 17 heavy (non-hydrogen) atoms. The molecule has 0 radical (unpaired) electrons. The van der Waals surface area contributed by atoms with E-state index in [1.54, 1.807) is 36.0 Å². The Bertz CT molecular complexity index is 566. The third-order valence-corrected chi connectivity index (χ3v) is 2.74. The first-order chi connectivity index (χ1) is 8.13. The molecule has 6 heteroatoms. The molecule has 2 rings (SSSR count). The zero-order valence-corrected chi connectivity index (χ0v) is 9.89. The molecule has 0 amide bonds. The SMILES string of the molecule is Cc1ccc(-n2ccnc2CCl)cc1[N+](=O)[O-]. The zero-order chi connectivity index (χ0) is 12.4. The Kier molecular flexibility index (Phi) is 3.10. The van der Waals surface area contributed by atoms with Crippen LogP contribution in [-0.4, -0.2) is 14.5 Å². The first kappa shape index (κ1) is 11.6. The molecule has 0 spiro atoms. The molecule has 0 aliphatic carbocycles. The minimum Gasteiger partial charge on any atom is -0.303 e. The first-order valence-corrected chi connectivity index (χ1v) is 5.50. The summed E-state index contributed by atoms with van der Waals surface area (Å²) >= 11 is 5.74. The molecular weight excluding hydrogens is 242 g/mol. The summed E-state index contributed by atoms with van der Waals surface area (Å²) < 4.78 is 1.74. The summed E-state index contributed by atoms with van der Waals surface area (Å²) in [5.74, 6) is 0.916. The highest BCUT2D eigenvalue weighted by atomic mass is 35.5. The molecule has 88 valence electrons. The zero-order valence-electron chi connectivity index (χ0n) is 9.13. The molecule has 0 atom stereocenters. The summed E-state index contributed by atoms with van der Waals surface area (Å²) in [6.45, 7) is 1.71. The van der Waals surface area contributed by atoms with Gasteiger partial charge in [0.25, 0.3) is 5.69 Å². The molecule has 0 saturated carbocycles. The number of halogens is 1. The van der Waals surface area contributed by atoms with Crippen molar-refractivity contribution < 1.29 is 4.92 Å². The topological polar surface area (TPSA) is 61.0 Å². The molecule has 1 aromatic carbocycles. The Morgan fingerprint density at radius 1 is 1.53 bits per heavy atom. The Balaban J connectivity index is 2.54. The van der Waals surface area contributed by atoms with E-state index in [4.69, 9.17) is 11.6 Å². The molecule has 0 unspecified atom stereocenters. The Morgan fingerprint density at radius 3 is 2.94 bits per heavy atom. The fourth-order valence-electron chi connectivity index (χ4n) is 1.61. The lowest BCUT2D eigenvalue weighted by atomic mass is 10.2.